The van der Waals surface area contributed by atoms with Crippen LogP contribution in [0.2, 0.25) is 0 Å². The summed E-state index contributed by atoms with van der Waals surface area (Å²) < 4.78 is 38.3. The van der Waals surface area contributed by atoms with Gasteiger partial charge in [-0.15, -0.1) is 0 Å². The number of halogens is 2. The van der Waals surface area contributed by atoms with E-state index in [4.69, 9.17) is 9.84 Å². The van der Waals surface area contributed by atoms with Crippen molar-refractivity contribution in [3.63, 3.8) is 0 Å². The third-order valence-electron chi connectivity index (χ3n) is 8.36. The van der Waals surface area contributed by atoms with Gasteiger partial charge in [0.15, 0.2) is 5.82 Å². The smallest absolute Gasteiger partial charge is 0.264 e. The number of hydrogen-bond acceptors (Lipinski definition) is 5. The lowest BCUT2D eigenvalue weighted by Gasteiger charge is -2.35. The number of benzene rings is 1. The minimum atomic E-state index is -2.63. The Morgan fingerprint density at radius 2 is 1.95 bits per heavy atom. The van der Waals surface area contributed by atoms with E-state index >= 15 is 0 Å². The highest BCUT2D eigenvalue weighted by atomic mass is 19.3. The first kappa shape index (κ1) is 25.0. The van der Waals surface area contributed by atoms with Crippen LogP contribution >= 0.6 is 0 Å². The number of amides is 1. The van der Waals surface area contributed by atoms with Crippen LogP contribution in [0.3, 0.4) is 0 Å². The largest absolute Gasteiger partial charge is 0.381 e. The normalized spacial score (nSPS) is 20.1. The molecule has 2 aromatic heterocycles. The van der Waals surface area contributed by atoms with E-state index in [0.29, 0.717) is 44.0 Å². The van der Waals surface area contributed by atoms with Crippen molar-refractivity contribution in [3.8, 4) is 11.1 Å². The molecule has 3 aromatic rings. The van der Waals surface area contributed by atoms with E-state index in [1.54, 1.807) is 37.1 Å². The summed E-state index contributed by atoms with van der Waals surface area (Å²) in [6, 6.07) is 3.82. The second kappa shape index (κ2) is 9.80. The molecule has 1 amide bonds. The maximum atomic E-state index is 14.5. The van der Waals surface area contributed by atoms with E-state index < -0.39 is 6.43 Å². The van der Waals surface area contributed by atoms with Crippen molar-refractivity contribution in [1.82, 2.24) is 24.5 Å². The van der Waals surface area contributed by atoms with Crippen molar-refractivity contribution in [2.45, 2.75) is 64.5 Å². The Labute approximate surface area is 221 Å². The van der Waals surface area contributed by atoms with E-state index in [1.807, 2.05) is 11.0 Å². The maximum Gasteiger partial charge on any atom is 0.264 e. The first-order chi connectivity index (χ1) is 18.3. The molecule has 0 radical (unpaired) electrons. The Morgan fingerprint density at radius 1 is 1.16 bits per heavy atom. The number of alkyl halides is 2. The molecule has 5 heterocycles. The lowest BCUT2D eigenvalue weighted by molar-refractivity contribution is -0.129. The summed E-state index contributed by atoms with van der Waals surface area (Å²) in [6.07, 6.45) is 4.18. The zero-order chi connectivity index (χ0) is 26.6. The van der Waals surface area contributed by atoms with Crippen molar-refractivity contribution in [1.29, 1.82) is 0 Å². The molecular weight excluding hydrogens is 490 g/mol. The van der Waals surface area contributed by atoms with Gasteiger partial charge in [0.2, 0.25) is 5.91 Å². The number of anilines is 2. The van der Waals surface area contributed by atoms with Crippen LogP contribution in [0.25, 0.3) is 11.1 Å². The molecule has 38 heavy (non-hydrogen) atoms. The predicted octanol–water partition coefficient (Wildman–Crippen LogP) is 5.12. The number of rotatable bonds is 4. The van der Waals surface area contributed by atoms with Gasteiger partial charge < -0.3 is 14.5 Å². The average molecular weight is 525 g/mol. The summed E-state index contributed by atoms with van der Waals surface area (Å²) in [5.74, 6) is 1.04. The van der Waals surface area contributed by atoms with Gasteiger partial charge >= 0.3 is 0 Å². The zero-order valence-electron chi connectivity index (χ0n) is 22.2. The van der Waals surface area contributed by atoms with Crippen LogP contribution in [-0.4, -0.2) is 56.7 Å². The van der Waals surface area contributed by atoms with Crippen LogP contribution in [-0.2, 0) is 29.5 Å². The van der Waals surface area contributed by atoms with E-state index in [2.05, 4.69) is 21.6 Å². The number of ether oxygens (including phenoxy) is 1. The van der Waals surface area contributed by atoms with Crippen LogP contribution in [0.1, 0.15) is 73.9 Å². The molecule has 0 bridgehead atoms. The zero-order valence-corrected chi connectivity index (χ0v) is 22.2. The highest BCUT2D eigenvalue weighted by Crippen LogP contribution is 2.46. The average Bonchev–Trinajstić information content (AvgIpc) is 3.52. The third kappa shape index (κ3) is 4.28. The Hall–Kier alpha value is -3.27. The van der Waals surface area contributed by atoms with Gasteiger partial charge in [-0.1, -0.05) is 6.92 Å². The van der Waals surface area contributed by atoms with E-state index in [0.717, 1.165) is 54.0 Å². The van der Waals surface area contributed by atoms with Crippen molar-refractivity contribution >= 4 is 17.4 Å². The molecular formula is C28H34F2N6O2. The predicted molar refractivity (Wildman–Crippen MR) is 140 cm³/mol. The van der Waals surface area contributed by atoms with Crippen LogP contribution < -0.4 is 4.90 Å². The molecule has 0 spiro atoms. The van der Waals surface area contributed by atoms with Crippen molar-refractivity contribution in [2.75, 3.05) is 31.2 Å². The molecule has 202 valence electrons. The Balaban J connectivity index is 1.49. The van der Waals surface area contributed by atoms with Crippen molar-refractivity contribution in [2.24, 2.45) is 7.05 Å². The number of aromatic nitrogens is 4. The first-order valence-corrected chi connectivity index (χ1v) is 13.5. The van der Waals surface area contributed by atoms with Crippen LogP contribution in [0.15, 0.2) is 24.5 Å². The number of hydrogen-bond donors (Lipinski definition) is 0. The monoisotopic (exact) mass is 524 g/mol. The van der Waals surface area contributed by atoms with Gasteiger partial charge in [-0.3, -0.25) is 14.2 Å². The Kier molecular flexibility index (Phi) is 6.45. The minimum absolute atomic E-state index is 0.000980. The van der Waals surface area contributed by atoms with Gasteiger partial charge in [0.05, 0.1) is 18.8 Å². The van der Waals surface area contributed by atoms with E-state index in [1.165, 1.54) is 0 Å². The third-order valence-corrected chi connectivity index (χ3v) is 8.36. The topological polar surface area (TPSA) is 68.4 Å². The molecule has 0 aliphatic carbocycles. The number of aryl methyl sites for hydroxylation is 1. The summed E-state index contributed by atoms with van der Waals surface area (Å²) in [6.45, 7) is 6.98. The second-order valence-corrected chi connectivity index (χ2v) is 10.8. The summed E-state index contributed by atoms with van der Waals surface area (Å²) in [7, 11) is 1.79. The molecule has 1 saturated heterocycles. The van der Waals surface area contributed by atoms with E-state index in [-0.39, 0.29) is 23.4 Å². The standard InChI is InChI=1S/C28H34F2N6O2/c1-17-4-9-35(26-13-23(27(29)30)22(12-21(17)26)19-14-31-33(3)15-19)28-24-16-34(18(2)37)8-5-25(24)36(32-28)20-6-10-38-11-7-20/h12-15,17,20,27H,4-11,16H2,1-3H3/t17-/m0/s1. The van der Waals surface area contributed by atoms with Crippen LogP contribution in [0, 0.1) is 0 Å². The number of carbonyl (C=O) groups is 1. The van der Waals surface area contributed by atoms with Gasteiger partial charge in [-0.05, 0) is 48.4 Å². The summed E-state index contributed by atoms with van der Waals surface area (Å²) in [5.41, 5.74) is 5.23. The highest BCUT2D eigenvalue weighted by molar-refractivity contribution is 5.78. The van der Waals surface area contributed by atoms with Crippen molar-refractivity contribution in [3.05, 3.63) is 46.9 Å². The van der Waals surface area contributed by atoms with Gasteiger partial charge in [0, 0.05) is 81.0 Å². The molecule has 0 N–H and O–H groups in total. The minimum Gasteiger partial charge on any atom is -0.381 e. The first-order valence-electron chi connectivity index (χ1n) is 13.5. The second-order valence-electron chi connectivity index (χ2n) is 10.8. The molecule has 6 rings (SSSR count). The fraction of sp³-hybridized carbons (Fsp3) is 0.536. The van der Waals surface area contributed by atoms with Gasteiger partial charge in [0.1, 0.15) is 0 Å². The maximum absolute atomic E-state index is 14.5. The molecule has 1 aromatic carbocycles. The summed E-state index contributed by atoms with van der Waals surface area (Å²) in [4.78, 5) is 16.3. The Bertz CT molecular complexity index is 1360. The fourth-order valence-electron chi connectivity index (χ4n) is 6.20. The molecule has 1 atom stereocenters. The van der Waals surface area contributed by atoms with Gasteiger partial charge in [-0.2, -0.15) is 10.2 Å². The molecule has 3 aliphatic heterocycles. The number of fused-ring (bicyclic) bond motifs is 2. The fourth-order valence-corrected chi connectivity index (χ4v) is 6.20. The number of carbonyl (C=O) groups excluding carboxylic acids is 1. The Morgan fingerprint density at radius 3 is 2.63 bits per heavy atom. The highest BCUT2D eigenvalue weighted by Gasteiger charge is 2.35. The summed E-state index contributed by atoms with van der Waals surface area (Å²) in [5, 5.41) is 9.37. The van der Waals surface area contributed by atoms with E-state index in [9.17, 15) is 13.6 Å². The van der Waals surface area contributed by atoms with Gasteiger partial charge in [0.25, 0.3) is 6.43 Å². The molecule has 10 heteroatoms. The van der Waals surface area contributed by atoms with Crippen LogP contribution in [0.5, 0.6) is 0 Å². The molecule has 0 saturated carbocycles. The molecule has 0 unspecified atom stereocenters. The molecule has 8 nitrogen and oxygen atoms in total. The van der Waals surface area contributed by atoms with Crippen LogP contribution in [0.4, 0.5) is 20.3 Å². The quantitative estimate of drug-likeness (QED) is 0.474. The van der Waals surface area contributed by atoms with Gasteiger partial charge in [-0.25, -0.2) is 8.78 Å². The lowest BCUT2D eigenvalue weighted by Crippen LogP contribution is -2.36. The summed E-state index contributed by atoms with van der Waals surface area (Å²) >= 11 is 0. The number of nitrogens with zero attached hydrogens (tertiary/aromatic N) is 6. The SMILES string of the molecule is CC(=O)N1CCc2c(c(N3CC[C@H](C)c4cc(-c5cnn(C)c5)c(C(F)F)cc43)nn2C2CCOCC2)C1. The lowest BCUT2D eigenvalue weighted by atomic mass is 9.87. The molecule has 1 fully saturated rings. The van der Waals surface area contributed by atoms with Crippen molar-refractivity contribution < 1.29 is 18.3 Å². The molecule has 3 aliphatic rings.